The predicted molar refractivity (Wildman–Crippen MR) is 65.0 cm³/mol. The number of hydrogen-bond donors (Lipinski definition) is 2. The molecule has 0 radical (unpaired) electrons. The van der Waals surface area contributed by atoms with Crippen LogP contribution in [0.4, 0.5) is 0 Å². The van der Waals surface area contributed by atoms with Crippen LogP contribution in [0.1, 0.15) is 29.8 Å². The van der Waals surface area contributed by atoms with E-state index in [0.717, 1.165) is 0 Å². The Bertz CT molecular complexity index is 413. The molecule has 0 spiro atoms. The van der Waals surface area contributed by atoms with Gasteiger partial charge in [0.1, 0.15) is 0 Å². The van der Waals surface area contributed by atoms with Crippen molar-refractivity contribution in [2.24, 2.45) is 5.92 Å². The minimum atomic E-state index is -1.00. The molecule has 0 heterocycles. The molecule has 4 heteroatoms. The van der Waals surface area contributed by atoms with Gasteiger partial charge in [-0.15, -0.1) is 0 Å². The molecule has 1 rings (SSSR count). The average Bonchev–Trinajstić information content (AvgIpc) is 2.27. The zero-order valence-corrected chi connectivity index (χ0v) is 10.1. The number of benzene rings is 1. The first-order valence-electron chi connectivity index (χ1n) is 5.58. The van der Waals surface area contributed by atoms with Crippen molar-refractivity contribution >= 4 is 11.9 Å². The van der Waals surface area contributed by atoms with Gasteiger partial charge in [-0.2, -0.15) is 0 Å². The first-order valence-corrected chi connectivity index (χ1v) is 5.58. The van der Waals surface area contributed by atoms with E-state index in [4.69, 9.17) is 5.11 Å². The van der Waals surface area contributed by atoms with Crippen LogP contribution in [0.5, 0.6) is 0 Å². The van der Waals surface area contributed by atoms with Crippen LogP contribution in [0.2, 0.25) is 0 Å². The number of carbonyl (C=O) groups excluding carboxylic acids is 1. The topological polar surface area (TPSA) is 66.4 Å². The molecular weight excluding hydrogens is 218 g/mol. The Kier molecular flexibility index (Phi) is 4.69. The highest BCUT2D eigenvalue weighted by Gasteiger charge is 2.12. The Labute approximate surface area is 101 Å². The summed E-state index contributed by atoms with van der Waals surface area (Å²) in [5.74, 6) is -0.765. The average molecular weight is 235 g/mol. The lowest BCUT2D eigenvalue weighted by Crippen LogP contribution is -2.29. The van der Waals surface area contributed by atoms with Crippen molar-refractivity contribution in [3.63, 3.8) is 0 Å². The molecular formula is C13H17NO3. The Morgan fingerprint density at radius 1 is 1.29 bits per heavy atom. The van der Waals surface area contributed by atoms with E-state index in [0.29, 0.717) is 18.0 Å². The zero-order chi connectivity index (χ0) is 12.8. The third-order valence-corrected chi connectivity index (χ3v) is 2.31. The maximum absolute atomic E-state index is 11.6. The summed E-state index contributed by atoms with van der Waals surface area (Å²) in [6.45, 7) is 4.62. The lowest BCUT2D eigenvalue weighted by atomic mass is 10.0. The van der Waals surface area contributed by atoms with E-state index in [1.54, 1.807) is 18.2 Å². The smallest absolute Gasteiger partial charge is 0.335 e. The van der Waals surface area contributed by atoms with E-state index in [1.165, 1.54) is 6.07 Å². The third-order valence-electron chi connectivity index (χ3n) is 2.31. The number of hydrogen-bond acceptors (Lipinski definition) is 2. The minimum absolute atomic E-state index is 0.106. The van der Waals surface area contributed by atoms with Crippen LogP contribution < -0.4 is 5.32 Å². The lowest BCUT2D eigenvalue weighted by molar-refractivity contribution is -0.120. The van der Waals surface area contributed by atoms with Crippen LogP contribution >= 0.6 is 0 Å². The van der Waals surface area contributed by atoms with Gasteiger partial charge < -0.3 is 10.4 Å². The Balaban J connectivity index is 2.68. The van der Waals surface area contributed by atoms with E-state index in [1.807, 2.05) is 13.8 Å². The number of carbonyl (C=O) groups is 2. The van der Waals surface area contributed by atoms with Crippen molar-refractivity contribution in [3.8, 4) is 0 Å². The van der Waals surface area contributed by atoms with Crippen molar-refractivity contribution in [1.29, 1.82) is 0 Å². The van der Waals surface area contributed by atoms with E-state index < -0.39 is 5.97 Å². The van der Waals surface area contributed by atoms with Crippen LogP contribution in [0, 0.1) is 5.92 Å². The number of amides is 1. The highest BCUT2D eigenvalue weighted by atomic mass is 16.4. The van der Waals surface area contributed by atoms with E-state index >= 15 is 0 Å². The molecule has 1 amide bonds. The summed E-state index contributed by atoms with van der Waals surface area (Å²) < 4.78 is 0. The molecule has 0 aliphatic heterocycles. The maximum Gasteiger partial charge on any atom is 0.335 e. The van der Waals surface area contributed by atoms with Gasteiger partial charge in [0.2, 0.25) is 5.91 Å². The summed E-state index contributed by atoms with van der Waals surface area (Å²) >= 11 is 0. The summed E-state index contributed by atoms with van der Waals surface area (Å²) in [7, 11) is 0. The van der Waals surface area contributed by atoms with E-state index in [2.05, 4.69) is 5.32 Å². The molecule has 0 aliphatic rings. The van der Waals surface area contributed by atoms with Gasteiger partial charge in [0.15, 0.2) is 0 Å². The molecule has 0 unspecified atom stereocenters. The van der Waals surface area contributed by atoms with E-state index in [9.17, 15) is 9.59 Å². The van der Waals surface area contributed by atoms with Crippen LogP contribution in [0.3, 0.4) is 0 Å². The lowest BCUT2D eigenvalue weighted by Gasteiger charge is -2.09. The molecule has 0 aromatic heterocycles. The molecule has 92 valence electrons. The number of aromatic carboxylic acids is 1. The van der Waals surface area contributed by atoms with Crippen LogP contribution in [-0.4, -0.2) is 23.5 Å². The molecule has 0 saturated heterocycles. The SMILES string of the molecule is CC(C)CNC(=O)Cc1ccccc1C(=O)O. The zero-order valence-electron chi connectivity index (χ0n) is 10.1. The van der Waals surface area contributed by atoms with Crippen LogP contribution in [0.25, 0.3) is 0 Å². The second kappa shape index (κ2) is 6.03. The van der Waals surface area contributed by atoms with Crippen molar-refractivity contribution in [2.75, 3.05) is 6.54 Å². The first kappa shape index (κ1) is 13.2. The summed E-state index contributed by atoms with van der Waals surface area (Å²) in [6, 6.07) is 6.56. The number of carboxylic acid groups (broad SMARTS) is 1. The summed E-state index contributed by atoms with van der Waals surface area (Å²) in [6.07, 6.45) is 0.106. The second-order valence-corrected chi connectivity index (χ2v) is 4.34. The Hall–Kier alpha value is -1.84. The molecule has 17 heavy (non-hydrogen) atoms. The summed E-state index contributed by atoms with van der Waals surface area (Å²) in [5.41, 5.74) is 0.730. The fraction of sp³-hybridized carbons (Fsp3) is 0.385. The molecule has 0 atom stereocenters. The Morgan fingerprint density at radius 3 is 2.53 bits per heavy atom. The number of carboxylic acids is 1. The molecule has 1 aromatic carbocycles. The molecule has 0 bridgehead atoms. The van der Waals surface area contributed by atoms with Crippen molar-refractivity contribution in [2.45, 2.75) is 20.3 Å². The number of rotatable bonds is 5. The quantitative estimate of drug-likeness (QED) is 0.816. The molecule has 4 nitrogen and oxygen atoms in total. The largest absolute Gasteiger partial charge is 0.478 e. The van der Waals surface area contributed by atoms with E-state index in [-0.39, 0.29) is 17.9 Å². The monoisotopic (exact) mass is 235 g/mol. The van der Waals surface area contributed by atoms with Gasteiger partial charge in [-0.3, -0.25) is 4.79 Å². The van der Waals surface area contributed by atoms with Gasteiger partial charge in [-0.1, -0.05) is 32.0 Å². The van der Waals surface area contributed by atoms with Gasteiger partial charge >= 0.3 is 5.97 Å². The normalized spacial score (nSPS) is 10.3. The predicted octanol–water partition coefficient (Wildman–Crippen LogP) is 1.70. The van der Waals surface area contributed by atoms with Crippen LogP contribution in [-0.2, 0) is 11.2 Å². The minimum Gasteiger partial charge on any atom is -0.478 e. The summed E-state index contributed by atoms with van der Waals surface area (Å²) in [4.78, 5) is 22.5. The fourth-order valence-corrected chi connectivity index (χ4v) is 1.44. The van der Waals surface area contributed by atoms with Gasteiger partial charge in [-0.25, -0.2) is 4.79 Å². The maximum atomic E-state index is 11.6. The summed E-state index contributed by atoms with van der Waals surface area (Å²) in [5, 5.41) is 11.7. The highest BCUT2D eigenvalue weighted by Crippen LogP contribution is 2.09. The molecule has 2 N–H and O–H groups in total. The first-order chi connectivity index (χ1) is 8.00. The van der Waals surface area contributed by atoms with Crippen molar-refractivity contribution < 1.29 is 14.7 Å². The van der Waals surface area contributed by atoms with Crippen LogP contribution in [0.15, 0.2) is 24.3 Å². The highest BCUT2D eigenvalue weighted by molar-refractivity contribution is 5.91. The molecule has 0 aliphatic carbocycles. The standard InChI is InChI=1S/C13H17NO3/c1-9(2)8-14-12(15)7-10-5-3-4-6-11(10)13(16)17/h3-6,9H,7-8H2,1-2H3,(H,14,15)(H,16,17). The number of nitrogens with one attached hydrogen (secondary N) is 1. The second-order valence-electron chi connectivity index (χ2n) is 4.34. The van der Waals surface area contributed by atoms with Gasteiger partial charge in [-0.05, 0) is 17.5 Å². The van der Waals surface area contributed by atoms with Gasteiger partial charge in [0, 0.05) is 6.54 Å². The molecule has 1 aromatic rings. The molecule has 0 saturated carbocycles. The Morgan fingerprint density at radius 2 is 1.94 bits per heavy atom. The van der Waals surface area contributed by atoms with Crippen molar-refractivity contribution in [3.05, 3.63) is 35.4 Å². The molecule has 0 fully saturated rings. The van der Waals surface area contributed by atoms with Gasteiger partial charge in [0.05, 0.1) is 12.0 Å². The van der Waals surface area contributed by atoms with Gasteiger partial charge in [0.25, 0.3) is 0 Å². The third kappa shape index (κ3) is 4.26. The fourth-order valence-electron chi connectivity index (χ4n) is 1.44. The van der Waals surface area contributed by atoms with Crippen molar-refractivity contribution in [1.82, 2.24) is 5.32 Å².